The summed E-state index contributed by atoms with van der Waals surface area (Å²) in [6, 6.07) is 6.80. The van der Waals surface area contributed by atoms with Crippen molar-refractivity contribution >= 4 is 21.7 Å². The first-order valence-electron chi connectivity index (χ1n) is 7.21. The zero-order valence-electron chi connectivity index (χ0n) is 13.0. The van der Waals surface area contributed by atoms with Crippen LogP contribution in [0.3, 0.4) is 0 Å². The van der Waals surface area contributed by atoms with Crippen molar-refractivity contribution in [2.45, 2.75) is 13.5 Å². The van der Waals surface area contributed by atoms with Crippen LogP contribution in [0.25, 0.3) is 16.0 Å². The van der Waals surface area contributed by atoms with E-state index in [1.807, 2.05) is 6.92 Å². The summed E-state index contributed by atoms with van der Waals surface area (Å²) in [5.41, 5.74) is 0.194. The van der Waals surface area contributed by atoms with Gasteiger partial charge in [-0.1, -0.05) is 11.3 Å². The van der Waals surface area contributed by atoms with Gasteiger partial charge < -0.3 is 9.47 Å². The van der Waals surface area contributed by atoms with Gasteiger partial charge in [0.15, 0.2) is 5.65 Å². The van der Waals surface area contributed by atoms with Gasteiger partial charge in [0.1, 0.15) is 5.75 Å². The second-order valence-electron chi connectivity index (χ2n) is 4.40. The SMILES string of the molecule is [2H]c1cc2sc(OCC)nc2n(-c2ccc(OC(F)F)cc2)c1=O. The maximum absolute atomic E-state index is 12.4. The van der Waals surface area contributed by atoms with Crippen LogP contribution in [-0.2, 0) is 0 Å². The summed E-state index contributed by atoms with van der Waals surface area (Å²) in [5, 5.41) is 0.393. The van der Waals surface area contributed by atoms with E-state index >= 15 is 0 Å². The first kappa shape index (κ1) is 14.1. The fourth-order valence-corrected chi connectivity index (χ4v) is 2.89. The Morgan fingerprint density at radius 3 is 2.74 bits per heavy atom. The molecule has 3 aromatic rings. The van der Waals surface area contributed by atoms with Crippen molar-refractivity contribution in [3.8, 4) is 16.6 Å². The topological polar surface area (TPSA) is 53.4 Å². The molecule has 3 rings (SSSR count). The number of benzene rings is 1. The Bertz CT molecular complexity index is 925. The molecule has 0 unspecified atom stereocenters. The lowest BCUT2D eigenvalue weighted by Gasteiger charge is -2.08. The van der Waals surface area contributed by atoms with Crippen molar-refractivity contribution in [3.05, 3.63) is 46.7 Å². The maximum atomic E-state index is 12.4. The lowest BCUT2D eigenvalue weighted by atomic mass is 10.3. The Hall–Kier alpha value is -2.48. The molecule has 120 valence electrons. The second-order valence-corrected chi connectivity index (χ2v) is 5.40. The van der Waals surface area contributed by atoms with Crippen LogP contribution in [-0.4, -0.2) is 22.8 Å². The van der Waals surface area contributed by atoms with Gasteiger partial charge >= 0.3 is 6.61 Å². The molecule has 2 aromatic heterocycles. The lowest BCUT2D eigenvalue weighted by Crippen LogP contribution is -2.17. The minimum absolute atomic E-state index is 0.0200. The van der Waals surface area contributed by atoms with Crippen molar-refractivity contribution in [1.29, 1.82) is 0 Å². The summed E-state index contributed by atoms with van der Waals surface area (Å²) in [5.74, 6) is -0.0200. The summed E-state index contributed by atoms with van der Waals surface area (Å²) in [4.78, 5) is 16.6. The van der Waals surface area contributed by atoms with E-state index in [4.69, 9.17) is 6.11 Å². The number of thiazole rings is 1. The first-order valence-corrected chi connectivity index (χ1v) is 7.52. The van der Waals surface area contributed by atoms with Gasteiger partial charge in [-0.2, -0.15) is 13.8 Å². The van der Waals surface area contributed by atoms with Crippen LogP contribution in [0.1, 0.15) is 8.29 Å². The fourth-order valence-electron chi connectivity index (χ4n) is 2.05. The van der Waals surface area contributed by atoms with Gasteiger partial charge in [-0.3, -0.25) is 9.36 Å². The van der Waals surface area contributed by atoms with Gasteiger partial charge in [-0.05, 0) is 37.3 Å². The van der Waals surface area contributed by atoms with Crippen molar-refractivity contribution < 1.29 is 19.6 Å². The second kappa shape index (κ2) is 6.33. The highest BCUT2D eigenvalue weighted by Gasteiger charge is 2.12. The lowest BCUT2D eigenvalue weighted by molar-refractivity contribution is -0.0498. The molecule has 0 amide bonds. The molecule has 0 radical (unpaired) electrons. The average Bonchev–Trinajstić information content (AvgIpc) is 2.91. The molecular formula is C15H12F2N2O3S. The van der Waals surface area contributed by atoms with E-state index in [0.717, 1.165) is 0 Å². The third-order valence-electron chi connectivity index (χ3n) is 2.94. The Kier molecular flexibility index (Phi) is 3.89. The molecule has 0 saturated heterocycles. The Morgan fingerprint density at radius 1 is 1.35 bits per heavy atom. The summed E-state index contributed by atoms with van der Waals surface area (Å²) < 4.78 is 43.8. The Morgan fingerprint density at radius 2 is 2.09 bits per heavy atom. The van der Waals surface area contributed by atoms with Gasteiger partial charge in [0.2, 0.25) is 0 Å². The molecule has 0 atom stereocenters. The number of nitrogens with zero attached hydrogens (tertiary/aromatic N) is 2. The molecule has 1 aromatic carbocycles. The van der Waals surface area contributed by atoms with Crippen molar-refractivity contribution in [2.75, 3.05) is 6.61 Å². The molecule has 5 nitrogen and oxygen atoms in total. The highest BCUT2D eigenvalue weighted by atomic mass is 32.1. The summed E-state index contributed by atoms with van der Waals surface area (Å²) in [6.45, 7) is -0.678. The molecule has 0 aliphatic heterocycles. The molecule has 0 fully saturated rings. The van der Waals surface area contributed by atoms with E-state index in [1.54, 1.807) is 0 Å². The molecule has 8 heteroatoms. The molecule has 0 N–H and O–H groups in total. The van der Waals surface area contributed by atoms with Gasteiger partial charge in [-0.25, -0.2) is 0 Å². The van der Waals surface area contributed by atoms with Crippen LogP contribution in [0.15, 0.2) is 41.2 Å². The molecule has 2 heterocycles. The zero-order chi connectivity index (χ0) is 17.3. The number of ether oxygens (including phenoxy) is 2. The highest BCUT2D eigenvalue weighted by Crippen LogP contribution is 2.28. The van der Waals surface area contributed by atoms with Crippen LogP contribution in [0.4, 0.5) is 8.78 Å². The summed E-state index contributed by atoms with van der Waals surface area (Å²) in [6.07, 6.45) is 0. The van der Waals surface area contributed by atoms with Crippen LogP contribution in [0.2, 0.25) is 0 Å². The number of alkyl halides is 2. The van der Waals surface area contributed by atoms with Crippen LogP contribution < -0.4 is 15.0 Å². The van der Waals surface area contributed by atoms with E-state index in [9.17, 15) is 13.6 Å². The molecule has 0 aliphatic rings. The maximum Gasteiger partial charge on any atom is 0.387 e. The smallest absolute Gasteiger partial charge is 0.387 e. The van der Waals surface area contributed by atoms with Crippen LogP contribution in [0, 0.1) is 0 Å². The third-order valence-corrected chi connectivity index (χ3v) is 3.85. The average molecular weight is 339 g/mol. The Balaban J connectivity index is 2.13. The number of fused-ring (bicyclic) bond motifs is 1. The van der Waals surface area contributed by atoms with E-state index in [1.165, 1.54) is 46.2 Å². The monoisotopic (exact) mass is 339 g/mol. The molecule has 0 spiro atoms. The zero-order valence-corrected chi connectivity index (χ0v) is 12.8. The largest absolute Gasteiger partial charge is 0.470 e. The van der Waals surface area contributed by atoms with Crippen LogP contribution >= 0.6 is 11.3 Å². The van der Waals surface area contributed by atoms with E-state index in [0.29, 0.717) is 27.8 Å². The molecule has 0 aliphatic carbocycles. The van der Waals surface area contributed by atoms with Gasteiger partial charge in [-0.15, -0.1) is 0 Å². The molecular weight excluding hydrogens is 326 g/mol. The number of halogens is 2. The Labute approximate surface area is 135 Å². The van der Waals surface area contributed by atoms with E-state index in [-0.39, 0.29) is 11.8 Å². The molecule has 0 bridgehead atoms. The number of hydrogen-bond acceptors (Lipinski definition) is 5. The minimum atomic E-state index is -2.92. The number of rotatable bonds is 5. The van der Waals surface area contributed by atoms with Crippen molar-refractivity contribution in [1.82, 2.24) is 9.55 Å². The van der Waals surface area contributed by atoms with Gasteiger partial charge in [0.05, 0.1) is 18.4 Å². The van der Waals surface area contributed by atoms with E-state index < -0.39 is 12.2 Å². The minimum Gasteiger partial charge on any atom is -0.470 e. The third kappa shape index (κ3) is 3.16. The number of aromatic nitrogens is 2. The van der Waals surface area contributed by atoms with Gasteiger partial charge in [0.25, 0.3) is 10.8 Å². The summed E-state index contributed by atoms with van der Waals surface area (Å²) in [7, 11) is 0. The van der Waals surface area contributed by atoms with Crippen molar-refractivity contribution in [2.24, 2.45) is 0 Å². The number of pyridine rings is 1. The standard InChI is InChI=1S/C15H12F2N2O3S/c1-2-21-15-18-13-11(23-15)7-8-12(20)19(13)9-3-5-10(6-4-9)22-14(16)17/h3-8,14H,2H2,1H3/i8D. The van der Waals surface area contributed by atoms with Crippen molar-refractivity contribution in [3.63, 3.8) is 0 Å². The predicted octanol–water partition coefficient (Wildman–Crippen LogP) is 3.45. The quantitative estimate of drug-likeness (QED) is 0.714. The fraction of sp³-hybridized carbons (Fsp3) is 0.200. The van der Waals surface area contributed by atoms with Crippen LogP contribution in [0.5, 0.6) is 10.9 Å². The molecule has 0 saturated carbocycles. The van der Waals surface area contributed by atoms with Gasteiger partial charge in [0, 0.05) is 6.04 Å². The normalized spacial score (nSPS) is 11.7. The summed E-state index contributed by atoms with van der Waals surface area (Å²) >= 11 is 1.23. The first-order chi connectivity index (χ1) is 11.5. The molecule has 23 heavy (non-hydrogen) atoms. The number of hydrogen-bond donors (Lipinski definition) is 0. The van der Waals surface area contributed by atoms with E-state index in [2.05, 4.69) is 9.72 Å². The highest BCUT2D eigenvalue weighted by molar-refractivity contribution is 7.20. The predicted molar refractivity (Wildman–Crippen MR) is 83.0 cm³/mol.